The highest BCUT2D eigenvalue weighted by Gasteiger charge is 2.22. The van der Waals surface area contributed by atoms with E-state index in [-0.39, 0.29) is 0 Å². The molecule has 0 N–H and O–H groups in total. The molecule has 0 spiro atoms. The van der Waals surface area contributed by atoms with Gasteiger partial charge in [-0.15, -0.1) is 47.0 Å². The summed E-state index contributed by atoms with van der Waals surface area (Å²) in [5.74, 6) is 5.61. The van der Waals surface area contributed by atoms with Crippen LogP contribution in [0, 0.1) is 0 Å². The highest BCUT2D eigenvalue weighted by molar-refractivity contribution is 8.19. The molecule has 76 valence electrons. The highest BCUT2D eigenvalue weighted by atomic mass is 32.2. The summed E-state index contributed by atoms with van der Waals surface area (Å²) >= 11 is 8.77. The van der Waals surface area contributed by atoms with Crippen LogP contribution in [0.2, 0.25) is 0 Å². The Bertz CT molecular complexity index is 123. The molecule has 0 aliphatic carbocycles. The molecular formula is C9H16S4. The van der Waals surface area contributed by atoms with Crippen molar-refractivity contribution in [3.8, 4) is 0 Å². The summed E-state index contributed by atoms with van der Waals surface area (Å²) in [5.41, 5.74) is 0. The predicted octanol–water partition coefficient (Wildman–Crippen LogP) is 3.77. The molecule has 0 unspecified atom stereocenters. The molecule has 0 aromatic carbocycles. The van der Waals surface area contributed by atoms with Gasteiger partial charge in [-0.05, 0) is 42.3 Å². The van der Waals surface area contributed by atoms with Crippen molar-refractivity contribution in [1.29, 1.82) is 0 Å². The van der Waals surface area contributed by atoms with E-state index < -0.39 is 0 Å². The van der Waals surface area contributed by atoms with Gasteiger partial charge in [-0.2, -0.15) is 0 Å². The van der Waals surface area contributed by atoms with Crippen LogP contribution in [0.3, 0.4) is 0 Å². The minimum atomic E-state index is 0.914. The summed E-state index contributed by atoms with van der Waals surface area (Å²) in [6.45, 7) is 0. The minimum absolute atomic E-state index is 0.914. The highest BCUT2D eigenvalue weighted by Crippen LogP contribution is 2.41. The van der Waals surface area contributed by atoms with E-state index >= 15 is 0 Å². The Balaban J connectivity index is 1.69. The summed E-state index contributed by atoms with van der Waals surface area (Å²) in [7, 11) is 0. The lowest BCUT2D eigenvalue weighted by Gasteiger charge is -2.27. The topological polar surface area (TPSA) is 0 Å². The monoisotopic (exact) mass is 252 g/mol. The van der Waals surface area contributed by atoms with Gasteiger partial charge < -0.3 is 0 Å². The molecule has 0 atom stereocenters. The normalized spacial score (nSPS) is 27.7. The first-order valence-corrected chi connectivity index (χ1v) is 9.11. The van der Waals surface area contributed by atoms with Crippen LogP contribution in [0.5, 0.6) is 0 Å². The second-order valence-corrected chi connectivity index (χ2v) is 9.12. The van der Waals surface area contributed by atoms with Gasteiger partial charge in [-0.3, -0.25) is 0 Å². The molecule has 0 aromatic rings. The molecule has 2 aliphatic rings. The average Bonchev–Trinajstić information content (AvgIpc) is 2.21. The third kappa shape index (κ3) is 3.80. The summed E-state index contributed by atoms with van der Waals surface area (Å²) in [6.07, 6.45) is 4.29. The second-order valence-electron chi connectivity index (χ2n) is 3.29. The first kappa shape index (κ1) is 10.9. The lowest BCUT2D eigenvalue weighted by atomic mass is 10.5. The largest absolute Gasteiger partial charge is 0.148 e. The Morgan fingerprint density at radius 1 is 0.692 bits per heavy atom. The van der Waals surface area contributed by atoms with Crippen molar-refractivity contribution < 1.29 is 0 Å². The fourth-order valence-electron chi connectivity index (χ4n) is 1.50. The molecule has 2 aliphatic heterocycles. The molecule has 2 saturated heterocycles. The van der Waals surface area contributed by atoms with E-state index in [4.69, 9.17) is 0 Å². The molecule has 0 nitrogen and oxygen atoms in total. The van der Waals surface area contributed by atoms with E-state index in [1.54, 1.807) is 0 Å². The first-order valence-electron chi connectivity index (χ1n) is 4.91. The van der Waals surface area contributed by atoms with Gasteiger partial charge in [-0.25, -0.2) is 0 Å². The van der Waals surface area contributed by atoms with Crippen LogP contribution in [0.1, 0.15) is 19.3 Å². The van der Waals surface area contributed by atoms with Crippen LogP contribution >= 0.6 is 47.0 Å². The number of hydrogen-bond acceptors (Lipinski definition) is 4. The van der Waals surface area contributed by atoms with Gasteiger partial charge >= 0.3 is 0 Å². The molecule has 2 heterocycles. The second kappa shape index (κ2) is 6.09. The van der Waals surface area contributed by atoms with E-state index in [9.17, 15) is 0 Å². The Morgan fingerprint density at radius 2 is 1.08 bits per heavy atom. The summed E-state index contributed by atoms with van der Waals surface area (Å²) in [5, 5.41) is 0. The van der Waals surface area contributed by atoms with E-state index in [1.807, 2.05) is 0 Å². The van der Waals surface area contributed by atoms with Gasteiger partial charge in [0.05, 0.1) is 9.16 Å². The van der Waals surface area contributed by atoms with Crippen LogP contribution in [0.15, 0.2) is 0 Å². The number of thioether (sulfide) groups is 4. The van der Waals surface area contributed by atoms with Crippen molar-refractivity contribution >= 4 is 47.0 Å². The van der Waals surface area contributed by atoms with Gasteiger partial charge in [0.1, 0.15) is 0 Å². The van der Waals surface area contributed by atoms with Crippen LogP contribution < -0.4 is 0 Å². The Kier molecular flexibility index (Phi) is 5.10. The van der Waals surface area contributed by atoms with Gasteiger partial charge in [0, 0.05) is 0 Å². The van der Waals surface area contributed by atoms with Crippen LogP contribution in [-0.2, 0) is 0 Å². The Labute approximate surface area is 98.1 Å². The Hall–Kier alpha value is 1.40. The zero-order valence-electron chi connectivity index (χ0n) is 7.74. The Morgan fingerprint density at radius 3 is 1.46 bits per heavy atom. The molecule has 0 saturated carbocycles. The maximum atomic E-state index is 2.19. The van der Waals surface area contributed by atoms with Crippen molar-refractivity contribution in [3.63, 3.8) is 0 Å². The van der Waals surface area contributed by atoms with E-state index in [0.717, 1.165) is 9.16 Å². The van der Waals surface area contributed by atoms with Gasteiger partial charge in [0.15, 0.2) is 0 Å². The molecule has 0 radical (unpaired) electrons. The number of rotatable bonds is 2. The third-order valence-electron chi connectivity index (χ3n) is 2.18. The van der Waals surface area contributed by atoms with Crippen molar-refractivity contribution in [2.75, 3.05) is 23.0 Å². The summed E-state index contributed by atoms with van der Waals surface area (Å²) in [4.78, 5) is 0. The fraction of sp³-hybridized carbons (Fsp3) is 1.00. The van der Waals surface area contributed by atoms with E-state index in [1.165, 1.54) is 42.3 Å². The van der Waals surface area contributed by atoms with Crippen molar-refractivity contribution in [2.24, 2.45) is 0 Å². The number of hydrogen-bond donors (Lipinski definition) is 0. The van der Waals surface area contributed by atoms with Gasteiger partial charge in [-0.1, -0.05) is 0 Å². The molecule has 0 aromatic heterocycles. The molecule has 0 amide bonds. The van der Waals surface area contributed by atoms with Crippen LogP contribution in [0.25, 0.3) is 0 Å². The molecule has 4 heteroatoms. The van der Waals surface area contributed by atoms with Crippen molar-refractivity contribution in [3.05, 3.63) is 0 Å². The zero-order chi connectivity index (χ0) is 8.93. The molecule has 2 rings (SSSR count). The predicted molar refractivity (Wildman–Crippen MR) is 71.3 cm³/mol. The molecular weight excluding hydrogens is 236 g/mol. The standard InChI is InChI=1S/C9H16S4/c1-3-10-8(11-4-1)7-9-12-5-2-6-13-9/h8-9H,1-7H2. The molecule has 13 heavy (non-hydrogen) atoms. The molecule has 0 bridgehead atoms. The van der Waals surface area contributed by atoms with Gasteiger partial charge in [0.2, 0.25) is 0 Å². The van der Waals surface area contributed by atoms with E-state index in [0.29, 0.717) is 0 Å². The SMILES string of the molecule is C1CSC(CC2SCCCS2)SC1. The summed E-state index contributed by atoms with van der Waals surface area (Å²) in [6, 6.07) is 0. The average molecular weight is 252 g/mol. The first-order chi connectivity index (χ1) is 6.45. The van der Waals surface area contributed by atoms with Crippen molar-refractivity contribution in [2.45, 2.75) is 28.4 Å². The molecule has 2 fully saturated rings. The fourth-order valence-corrected chi connectivity index (χ4v) is 7.89. The van der Waals surface area contributed by atoms with Crippen LogP contribution in [0.4, 0.5) is 0 Å². The quantitative estimate of drug-likeness (QED) is 0.733. The van der Waals surface area contributed by atoms with Gasteiger partial charge in [0.25, 0.3) is 0 Å². The van der Waals surface area contributed by atoms with Crippen LogP contribution in [-0.4, -0.2) is 32.2 Å². The van der Waals surface area contributed by atoms with Crippen molar-refractivity contribution in [1.82, 2.24) is 0 Å². The lowest BCUT2D eigenvalue weighted by Crippen LogP contribution is -2.15. The zero-order valence-corrected chi connectivity index (χ0v) is 11.0. The minimum Gasteiger partial charge on any atom is -0.148 e. The maximum Gasteiger partial charge on any atom is 0.0521 e. The lowest BCUT2D eigenvalue weighted by molar-refractivity contribution is 0.976. The third-order valence-corrected chi connectivity index (χ3v) is 8.16. The maximum absolute atomic E-state index is 2.19. The summed E-state index contributed by atoms with van der Waals surface area (Å²) < 4.78 is 1.83. The smallest absolute Gasteiger partial charge is 0.0521 e. The van der Waals surface area contributed by atoms with E-state index in [2.05, 4.69) is 47.0 Å².